The fourth-order valence-electron chi connectivity index (χ4n) is 4.09. The molecular formula is C15H27Cl. The minimum Gasteiger partial charge on any atom is -0.123 e. The molecule has 0 spiro atoms. The summed E-state index contributed by atoms with van der Waals surface area (Å²) in [7, 11) is 0. The highest BCUT2D eigenvalue weighted by atomic mass is 35.5. The molecule has 0 N–H and O–H groups in total. The van der Waals surface area contributed by atoms with Crippen molar-refractivity contribution in [3.8, 4) is 0 Å². The average Bonchev–Trinajstić information content (AvgIpc) is 2.54. The van der Waals surface area contributed by atoms with Gasteiger partial charge in [-0.3, -0.25) is 0 Å². The van der Waals surface area contributed by atoms with Crippen molar-refractivity contribution in [1.82, 2.24) is 0 Å². The van der Waals surface area contributed by atoms with Crippen LogP contribution in [0.15, 0.2) is 0 Å². The van der Waals surface area contributed by atoms with Crippen LogP contribution in [0.25, 0.3) is 0 Å². The van der Waals surface area contributed by atoms with E-state index in [1.165, 1.54) is 64.2 Å². The first kappa shape index (κ1) is 12.7. The van der Waals surface area contributed by atoms with Gasteiger partial charge in [0.05, 0.1) is 0 Å². The van der Waals surface area contributed by atoms with Gasteiger partial charge in [0.1, 0.15) is 0 Å². The van der Waals surface area contributed by atoms with Crippen LogP contribution in [0.4, 0.5) is 0 Å². The summed E-state index contributed by atoms with van der Waals surface area (Å²) in [6.45, 7) is 2.39. The molecule has 0 amide bonds. The van der Waals surface area contributed by atoms with Crippen LogP contribution in [0.5, 0.6) is 0 Å². The van der Waals surface area contributed by atoms with E-state index in [4.69, 9.17) is 11.6 Å². The van der Waals surface area contributed by atoms with Gasteiger partial charge in [-0.2, -0.15) is 0 Å². The number of alkyl halides is 1. The van der Waals surface area contributed by atoms with Crippen LogP contribution in [-0.2, 0) is 0 Å². The van der Waals surface area contributed by atoms with E-state index in [-0.39, 0.29) is 0 Å². The maximum Gasteiger partial charge on any atom is 0.0338 e. The van der Waals surface area contributed by atoms with Crippen molar-refractivity contribution in [2.45, 2.75) is 76.5 Å². The lowest BCUT2D eigenvalue weighted by Crippen LogP contribution is -2.27. The van der Waals surface area contributed by atoms with Crippen LogP contribution in [0, 0.1) is 17.8 Å². The van der Waals surface area contributed by atoms with Gasteiger partial charge in [0.15, 0.2) is 0 Å². The fraction of sp³-hybridized carbons (Fsp3) is 1.00. The lowest BCUT2D eigenvalue weighted by molar-refractivity contribution is 0.144. The minimum absolute atomic E-state index is 0.479. The first-order valence-corrected chi connectivity index (χ1v) is 7.89. The van der Waals surface area contributed by atoms with Crippen LogP contribution in [0.1, 0.15) is 71.1 Å². The van der Waals surface area contributed by atoms with Crippen molar-refractivity contribution in [2.75, 3.05) is 0 Å². The van der Waals surface area contributed by atoms with E-state index in [0.717, 1.165) is 17.8 Å². The summed E-state index contributed by atoms with van der Waals surface area (Å²) in [6.07, 6.45) is 14.2. The lowest BCUT2D eigenvalue weighted by Gasteiger charge is -2.37. The van der Waals surface area contributed by atoms with Crippen LogP contribution in [-0.4, -0.2) is 5.38 Å². The number of hydrogen-bond acceptors (Lipinski definition) is 0. The molecule has 0 aliphatic heterocycles. The lowest BCUT2D eigenvalue weighted by atomic mass is 9.69. The first-order chi connectivity index (χ1) is 7.81. The third-order valence-electron chi connectivity index (χ3n) is 5.00. The quantitative estimate of drug-likeness (QED) is 0.450. The molecule has 0 aromatic carbocycles. The highest BCUT2D eigenvalue weighted by Crippen LogP contribution is 2.42. The molecular weight excluding hydrogens is 216 g/mol. The molecule has 2 saturated carbocycles. The second-order valence-corrected chi connectivity index (χ2v) is 6.61. The molecule has 16 heavy (non-hydrogen) atoms. The molecule has 0 bridgehead atoms. The summed E-state index contributed by atoms with van der Waals surface area (Å²) < 4.78 is 0. The van der Waals surface area contributed by atoms with Crippen molar-refractivity contribution in [3.05, 3.63) is 0 Å². The second kappa shape index (κ2) is 6.28. The Bertz CT molecular complexity index is 202. The van der Waals surface area contributed by atoms with Crippen molar-refractivity contribution in [3.63, 3.8) is 0 Å². The molecule has 0 saturated heterocycles. The second-order valence-electron chi connectivity index (χ2n) is 5.99. The van der Waals surface area contributed by atoms with Gasteiger partial charge in [0.2, 0.25) is 0 Å². The Kier molecular flexibility index (Phi) is 5.00. The Morgan fingerprint density at radius 3 is 2.44 bits per heavy atom. The third-order valence-corrected chi connectivity index (χ3v) is 5.39. The van der Waals surface area contributed by atoms with E-state index in [1.54, 1.807) is 0 Å². The summed E-state index contributed by atoms with van der Waals surface area (Å²) in [6, 6.07) is 0. The van der Waals surface area contributed by atoms with Crippen molar-refractivity contribution < 1.29 is 0 Å². The number of halogens is 1. The molecule has 0 nitrogen and oxygen atoms in total. The van der Waals surface area contributed by atoms with Crippen LogP contribution < -0.4 is 0 Å². The Balaban J connectivity index is 1.96. The highest BCUT2D eigenvalue weighted by Gasteiger charge is 2.32. The minimum atomic E-state index is 0.479. The smallest absolute Gasteiger partial charge is 0.0338 e. The molecule has 0 aromatic rings. The van der Waals surface area contributed by atoms with E-state index in [9.17, 15) is 0 Å². The maximum absolute atomic E-state index is 6.43. The van der Waals surface area contributed by atoms with E-state index >= 15 is 0 Å². The monoisotopic (exact) mass is 242 g/mol. The fourth-order valence-corrected chi connectivity index (χ4v) is 4.47. The predicted octanol–water partition coefficient (Wildman–Crippen LogP) is 5.39. The zero-order valence-electron chi connectivity index (χ0n) is 10.8. The van der Waals surface area contributed by atoms with Gasteiger partial charge in [0, 0.05) is 5.38 Å². The normalized spacial score (nSPS) is 41.6. The van der Waals surface area contributed by atoms with Crippen molar-refractivity contribution in [1.29, 1.82) is 0 Å². The van der Waals surface area contributed by atoms with Gasteiger partial charge < -0.3 is 0 Å². The van der Waals surface area contributed by atoms with Crippen LogP contribution in [0.2, 0.25) is 0 Å². The first-order valence-electron chi connectivity index (χ1n) is 7.45. The standard InChI is InChI=1S/C15H27Cl/c1-2-12-7-4-6-10-15(12)13-8-3-5-9-14(16)11-13/h12-15H,2-11H2,1H3. The molecule has 0 radical (unpaired) electrons. The molecule has 2 rings (SSSR count). The summed E-state index contributed by atoms with van der Waals surface area (Å²) in [5.74, 6) is 2.98. The average molecular weight is 243 g/mol. The third kappa shape index (κ3) is 3.15. The SMILES string of the molecule is CCC1CCCCC1C1CCCCC(Cl)C1. The largest absolute Gasteiger partial charge is 0.123 e. The van der Waals surface area contributed by atoms with Crippen LogP contribution in [0.3, 0.4) is 0 Å². The summed E-state index contributed by atoms with van der Waals surface area (Å²) in [5.41, 5.74) is 0. The van der Waals surface area contributed by atoms with E-state index in [2.05, 4.69) is 6.92 Å². The molecule has 2 aliphatic rings. The topological polar surface area (TPSA) is 0 Å². The van der Waals surface area contributed by atoms with E-state index < -0.39 is 0 Å². The summed E-state index contributed by atoms with van der Waals surface area (Å²) in [4.78, 5) is 0. The van der Waals surface area contributed by atoms with Gasteiger partial charge in [-0.1, -0.05) is 51.9 Å². The van der Waals surface area contributed by atoms with Crippen molar-refractivity contribution in [2.24, 2.45) is 17.8 Å². The predicted molar refractivity (Wildman–Crippen MR) is 72.0 cm³/mol. The molecule has 2 fully saturated rings. The van der Waals surface area contributed by atoms with Gasteiger partial charge in [0.25, 0.3) is 0 Å². The maximum atomic E-state index is 6.43. The van der Waals surface area contributed by atoms with Crippen molar-refractivity contribution >= 4 is 11.6 Å². The molecule has 2 aliphatic carbocycles. The van der Waals surface area contributed by atoms with Crippen LogP contribution >= 0.6 is 11.6 Å². The molecule has 94 valence electrons. The molecule has 1 heteroatoms. The van der Waals surface area contributed by atoms with Gasteiger partial charge in [-0.25, -0.2) is 0 Å². The van der Waals surface area contributed by atoms with Gasteiger partial charge in [-0.15, -0.1) is 11.6 Å². The Hall–Kier alpha value is 0.290. The van der Waals surface area contributed by atoms with E-state index in [1.807, 2.05) is 0 Å². The molecule has 0 heterocycles. The molecule has 0 aromatic heterocycles. The summed E-state index contributed by atoms with van der Waals surface area (Å²) >= 11 is 6.43. The number of rotatable bonds is 2. The zero-order valence-corrected chi connectivity index (χ0v) is 11.5. The molecule has 4 atom stereocenters. The zero-order chi connectivity index (χ0) is 11.4. The highest BCUT2D eigenvalue weighted by molar-refractivity contribution is 6.20. The molecule has 4 unspecified atom stereocenters. The Labute approximate surface area is 106 Å². The van der Waals surface area contributed by atoms with Gasteiger partial charge >= 0.3 is 0 Å². The Morgan fingerprint density at radius 2 is 1.62 bits per heavy atom. The van der Waals surface area contributed by atoms with Gasteiger partial charge in [-0.05, 0) is 37.0 Å². The number of hydrogen-bond donors (Lipinski definition) is 0. The Morgan fingerprint density at radius 1 is 0.938 bits per heavy atom. The summed E-state index contributed by atoms with van der Waals surface area (Å²) in [5, 5.41) is 0.479. The van der Waals surface area contributed by atoms with E-state index in [0.29, 0.717) is 5.38 Å².